The van der Waals surface area contributed by atoms with Crippen LogP contribution in [-0.4, -0.2) is 29.6 Å². The Morgan fingerprint density at radius 3 is 2.50 bits per heavy atom. The largest absolute Gasteiger partial charge is 0.387 e. The summed E-state index contributed by atoms with van der Waals surface area (Å²) < 4.78 is 0. The molecule has 2 nitrogen and oxygen atoms in total. The Morgan fingerprint density at radius 1 is 1.19 bits per heavy atom. The molecule has 0 bridgehead atoms. The van der Waals surface area contributed by atoms with Crippen LogP contribution in [0.2, 0.25) is 10.0 Å². The fraction of sp³-hybridized carbons (Fsp3) is 0.500. The van der Waals surface area contributed by atoms with Crippen molar-refractivity contribution in [2.75, 3.05) is 19.6 Å². The SMILES string of the molecule is OC(CN1CCCC1)c1ccc(Cl)c(Cl)c1. The van der Waals surface area contributed by atoms with Crippen LogP contribution in [0.25, 0.3) is 0 Å². The third-order valence-corrected chi connectivity index (χ3v) is 3.70. The fourth-order valence-corrected chi connectivity index (χ4v) is 2.34. The van der Waals surface area contributed by atoms with Gasteiger partial charge in [-0.2, -0.15) is 0 Å². The average Bonchev–Trinajstić information content (AvgIpc) is 2.74. The maximum absolute atomic E-state index is 10.1. The molecule has 0 saturated carbocycles. The van der Waals surface area contributed by atoms with Crippen molar-refractivity contribution < 1.29 is 5.11 Å². The fourth-order valence-electron chi connectivity index (χ4n) is 2.03. The Kier molecular flexibility index (Phi) is 4.09. The van der Waals surface area contributed by atoms with Crippen LogP contribution in [0.1, 0.15) is 24.5 Å². The monoisotopic (exact) mass is 259 g/mol. The summed E-state index contributed by atoms with van der Waals surface area (Å²) in [5, 5.41) is 11.1. The van der Waals surface area contributed by atoms with E-state index in [4.69, 9.17) is 23.2 Å². The lowest BCUT2D eigenvalue weighted by Crippen LogP contribution is -2.25. The molecular formula is C12H15Cl2NO. The molecule has 1 unspecified atom stereocenters. The molecule has 1 fully saturated rings. The maximum Gasteiger partial charge on any atom is 0.0917 e. The molecule has 88 valence electrons. The predicted molar refractivity (Wildman–Crippen MR) is 67.1 cm³/mol. The van der Waals surface area contributed by atoms with Gasteiger partial charge < -0.3 is 10.0 Å². The molecule has 0 amide bonds. The van der Waals surface area contributed by atoms with Crippen LogP contribution in [0.4, 0.5) is 0 Å². The molecule has 1 aromatic rings. The number of aliphatic hydroxyl groups excluding tert-OH is 1. The molecule has 1 aliphatic rings. The van der Waals surface area contributed by atoms with Gasteiger partial charge in [0.25, 0.3) is 0 Å². The van der Waals surface area contributed by atoms with E-state index in [2.05, 4.69) is 4.90 Å². The minimum atomic E-state index is -0.479. The summed E-state index contributed by atoms with van der Waals surface area (Å²) in [6.07, 6.45) is 1.98. The van der Waals surface area contributed by atoms with E-state index < -0.39 is 6.10 Å². The van der Waals surface area contributed by atoms with Gasteiger partial charge in [0.2, 0.25) is 0 Å². The zero-order valence-corrected chi connectivity index (χ0v) is 10.5. The van der Waals surface area contributed by atoms with Crippen LogP contribution in [0, 0.1) is 0 Å². The molecule has 1 saturated heterocycles. The second-order valence-electron chi connectivity index (χ2n) is 4.20. The third-order valence-electron chi connectivity index (χ3n) is 2.96. The van der Waals surface area contributed by atoms with Crippen LogP contribution in [0.15, 0.2) is 18.2 Å². The first-order chi connectivity index (χ1) is 7.66. The van der Waals surface area contributed by atoms with Crippen molar-refractivity contribution in [2.45, 2.75) is 18.9 Å². The van der Waals surface area contributed by atoms with Crippen molar-refractivity contribution in [3.8, 4) is 0 Å². The van der Waals surface area contributed by atoms with Gasteiger partial charge in [-0.15, -0.1) is 0 Å². The van der Waals surface area contributed by atoms with E-state index in [-0.39, 0.29) is 0 Å². The van der Waals surface area contributed by atoms with E-state index in [1.807, 2.05) is 6.07 Å². The van der Waals surface area contributed by atoms with Gasteiger partial charge in [0.15, 0.2) is 0 Å². The lowest BCUT2D eigenvalue weighted by molar-refractivity contribution is 0.126. The number of likely N-dealkylation sites (tertiary alicyclic amines) is 1. The van der Waals surface area contributed by atoms with Crippen molar-refractivity contribution in [1.29, 1.82) is 0 Å². The third kappa shape index (κ3) is 2.89. The second kappa shape index (κ2) is 5.37. The van der Waals surface area contributed by atoms with Crippen LogP contribution < -0.4 is 0 Å². The van der Waals surface area contributed by atoms with Crippen molar-refractivity contribution in [2.24, 2.45) is 0 Å². The maximum atomic E-state index is 10.1. The molecule has 1 heterocycles. The molecule has 1 N–H and O–H groups in total. The smallest absolute Gasteiger partial charge is 0.0917 e. The van der Waals surface area contributed by atoms with Crippen molar-refractivity contribution in [3.05, 3.63) is 33.8 Å². The number of hydrogen-bond acceptors (Lipinski definition) is 2. The molecular weight excluding hydrogens is 245 g/mol. The molecule has 0 radical (unpaired) electrons. The Hall–Kier alpha value is -0.280. The van der Waals surface area contributed by atoms with Gasteiger partial charge in [0, 0.05) is 6.54 Å². The highest BCUT2D eigenvalue weighted by atomic mass is 35.5. The number of rotatable bonds is 3. The van der Waals surface area contributed by atoms with Gasteiger partial charge in [0.05, 0.1) is 16.1 Å². The lowest BCUT2D eigenvalue weighted by atomic mass is 10.1. The highest BCUT2D eigenvalue weighted by Gasteiger charge is 2.17. The first-order valence-electron chi connectivity index (χ1n) is 5.52. The van der Waals surface area contributed by atoms with Crippen molar-refractivity contribution in [1.82, 2.24) is 4.90 Å². The number of benzene rings is 1. The average molecular weight is 260 g/mol. The molecule has 1 aromatic carbocycles. The van der Waals surface area contributed by atoms with Crippen LogP contribution in [-0.2, 0) is 0 Å². The number of halogens is 2. The van der Waals surface area contributed by atoms with Gasteiger partial charge in [-0.25, -0.2) is 0 Å². The van der Waals surface area contributed by atoms with Gasteiger partial charge in [-0.05, 0) is 43.6 Å². The quantitative estimate of drug-likeness (QED) is 0.902. The summed E-state index contributed by atoms with van der Waals surface area (Å²) in [6.45, 7) is 2.84. The highest BCUT2D eigenvalue weighted by Crippen LogP contribution is 2.26. The number of nitrogens with zero attached hydrogens (tertiary/aromatic N) is 1. The molecule has 16 heavy (non-hydrogen) atoms. The first kappa shape index (κ1) is 12.2. The highest BCUT2D eigenvalue weighted by molar-refractivity contribution is 6.42. The van der Waals surface area contributed by atoms with Gasteiger partial charge in [0.1, 0.15) is 0 Å². The zero-order valence-electron chi connectivity index (χ0n) is 9.00. The normalized spacial score (nSPS) is 18.9. The summed E-state index contributed by atoms with van der Waals surface area (Å²) in [5.74, 6) is 0. The number of hydrogen-bond donors (Lipinski definition) is 1. The van der Waals surface area contributed by atoms with E-state index >= 15 is 0 Å². The number of aliphatic hydroxyl groups is 1. The summed E-state index contributed by atoms with van der Waals surface area (Å²) in [5.41, 5.74) is 0.835. The van der Waals surface area contributed by atoms with Crippen molar-refractivity contribution >= 4 is 23.2 Å². The summed E-state index contributed by atoms with van der Waals surface area (Å²) >= 11 is 11.7. The van der Waals surface area contributed by atoms with Crippen LogP contribution in [0.5, 0.6) is 0 Å². The first-order valence-corrected chi connectivity index (χ1v) is 6.28. The minimum absolute atomic E-state index is 0.479. The molecule has 0 aliphatic carbocycles. The molecule has 0 aromatic heterocycles. The summed E-state index contributed by atoms with van der Waals surface area (Å²) in [6, 6.07) is 5.30. The Labute approximate surface area is 106 Å². The van der Waals surface area contributed by atoms with Crippen LogP contribution in [0.3, 0.4) is 0 Å². The Balaban J connectivity index is 2.02. The Morgan fingerprint density at radius 2 is 1.88 bits per heavy atom. The lowest BCUT2D eigenvalue weighted by Gasteiger charge is -2.19. The number of β-amino-alcohol motifs (C(OH)–C–C–N with tert-alkyl or cyclic N) is 1. The zero-order chi connectivity index (χ0) is 11.5. The van der Waals surface area contributed by atoms with Gasteiger partial charge in [-0.1, -0.05) is 29.3 Å². The Bertz CT molecular complexity index is 364. The second-order valence-corrected chi connectivity index (χ2v) is 5.01. The van der Waals surface area contributed by atoms with Crippen LogP contribution >= 0.6 is 23.2 Å². The predicted octanol–water partition coefficient (Wildman–Crippen LogP) is 3.12. The van der Waals surface area contributed by atoms with Gasteiger partial charge >= 0.3 is 0 Å². The molecule has 4 heteroatoms. The molecule has 1 aliphatic heterocycles. The molecule has 1 atom stereocenters. The standard InChI is InChI=1S/C12H15Cl2NO/c13-10-4-3-9(7-11(10)14)12(16)8-15-5-1-2-6-15/h3-4,7,12,16H,1-2,5-6,8H2. The molecule has 0 spiro atoms. The van der Waals surface area contributed by atoms with E-state index in [1.165, 1.54) is 12.8 Å². The topological polar surface area (TPSA) is 23.5 Å². The molecule has 2 rings (SSSR count). The van der Waals surface area contributed by atoms with E-state index in [1.54, 1.807) is 12.1 Å². The van der Waals surface area contributed by atoms with E-state index in [0.29, 0.717) is 16.6 Å². The summed E-state index contributed by atoms with van der Waals surface area (Å²) in [4.78, 5) is 2.27. The van der Waals surface area contributed by atoms with Crippen molar-refractivity contribution in [3.63, 3.8) is 0 Å². The van der Waals surface area contributed by atoms with Gasteiger partial charge in [-0.3, -0.25) is 0 Å². The summed E-state index contributed by atoms with van der Waals surface area (Å²) in [7, 11) is 0. The van der Waals surface area contributed by atoms with E-state index in [0.717, 1.165) is 18.7 Å². The minimum Gasteiger partial charge on any atom is -0.387 e. The van der Waals surface area contributed by atoms with E-state index in [9.17, 15) is 5.11 Å².